The summed E-state index contributed by atoms with van der Waals surface area (Å²) in [6.07, 6.45) is 0.693. The topological polar surface area (TPSA) is 86.8 Å². The lowest BCUT2D eigenvalue weighted by molar-refractivity contribution is -0.139. The van der Waals surface area contributed by atoms with Gasteiger partial charge in [0.25, 0.3) is 10.0 Å². The van der Waals surface area contributed by atoms with Crippen LogP contribution in [0.25, 0.3) is 0 Å². The third-order valence-corrected chi connectivity index (χ3v) is 8.34. The standard InChI is InChI=1S/C29H33ClFN3O4S/c1-5-16-32-29(36)22(4)33(18-23-8-6-7-9-26(23)31)28(35)19-34(27-15-12-24(30)17-21(27)3)39(37,38)25-13-10-20(2)11-14-25/h6-15,17,22H,5,16,18-19H2,1-4H3,(H,32,36). The smallest absolute Gasteiger partial charge is 0.264 e. The first-order valence-corrected chi connectivity index (χ1v) is 14.4. The van der Waals surface area contributed by atoms with Crippen molar-refractivity contribution in [3.8, 4) is 0 Å². The van der Waals surface area contributed by atoms with Gasteiger partial charge in [0.05, 0.1) is 10.6 Å². The number of carbonyl (C=O) groups excluding carboxylic acids is 2. The van der Waals surface area contributed by atoms with Crippen LogP contribution in [0.15, 0.2) is 71.6 Å². The van der Waals surface area contributed by atoms with E-state index in [9.17, 15) is 22.4 Å². The maximum atomic E-state index is 14.6. The number of aryl methyl sites for hydroxylation is 2. The number of nitrogens with one attached hydrogen (secondary N) is 1. The molecule has 0 heterocycles. The average Bonchev–Trinajstić information content (AvgIpc) is 2.90. The van der Waals surface area contributed by atoms with E-state index in [1.54, 1.807) is 37.3 Å². The van der Waals surface area contributed by atoms with Gasteiger partial charge in [0.2, 0.25) is 11.8 Å². The van der Waals surface area contributed by atoms with E-state index in [1.807, 2.05) is 13.8 Å². The van der Waals surface area contributed by atoms with Crippen LogP contribution in [0, 0.1) is 19.7 Å². The quantitative estimate of drug-likeness (QED) is 0.340. The first kappa shape index (κ1) is 30.1. The fourth-order valence-electron chi connectivity index (χ4n) is 4.04. The van der Waals surface area contributed by atoms with Crippen LogP contribution in [-0.4, -0.2) is 44.3 Å². The van der Waals surface area contributed by atoms with Crippen molar-refractivity contribution in [2.24, 2.45) is 0 Å². The SMILES string of the molecule is CCCNC(=O)C(C)N(Cc1ccccc1F)C(=O)CN(c1ccc(Cl)cc1C)S(=O)(=O)c1ccc(C)cc1. The van der Waals surface area contributed by atoms with E-state index >= 15 is 0 Å². The molecule has 0 aliphatic rings. The summed E-state index contributed by atoms with van der Waals surface area (Å²) in [6, 6.07) is 16.0. The van der Waals surface area contributed by atoms with Crippen LogP contribution >= 0.6 is 11.6 Å². The third kappa shape index (κ3) is 7.36. The van der Waals surface area contributed by atoms with Crippen molar-refractivity contribution in [3.05, 3.63) is 94.3 Å². The van der Waals surface area contributed by atoms with E-state index in [-0.39, 0.29) is 22.7 Å². The van der Waals surface area contributed by atoms with Gasteiger partial charge in [-0.1, -0.05) is 54.4 Å². The first-order chi connectivity index (χ1) is 18.4. The van der Waals surface area contributed by atoms with Crippen molar-refractivity contribution in [3.63, 3.8) is 0 Å². The molecule has 0 aliphatic carbocycles. The summed E-state index contributed by atoms with van der Waals surface area (Å²) >= 11 is 6.13. The number of sulfonamides is 1. The first-order valence-electron chi connectivity index (χ1n) is 12.6. The molecule has 3 aromatic carbocycles. The summed E-state index contributed by atoms with van der Waals surface area (Å²) in [5, 5.41) is 3.17. The number of benzene rings is 3. The Hall–Kier alpha value is -3.43. The van der Waals surface area contributed by atoms with E-state index in [2.05, 4.69) is 5.32 Å². The summed E-state index contributed by atoms with van der Waals surface area (Å²) in [6.45, 7) is 6.55. The molecule has 10 heteroatoms. The van der Waals surface area contributed by atoms with Gasteiger partial charge >= 0.3 is 0 Å². The molecule has 1 unspecified atom stereocenters. The van der Waals surface area contributed by atoms with E-state index in [4.69, 9.17) is 11.6 Å². The normalized spacial score (nSPS) is 12.1. The molecule has 1 atom stereocenters. The number of amides is 2. The summed E-state index contributed by atoms with van der Waals surface area (Å²) in [4.78, 5) is 27.9. The summed E-state index contributed by atoms with van der Waals surface area (Å²) in [7, 11) is -4.21. The minimum absolute atomic E-state index is 0.00430. The van der Waals surface area contributed by atoms with E-state index < -0.39 is 40.2 Å². The fraction of sp³-hybridized carbons (Fsp3) is 0.310. The number of halogens is 2. The molecule has 0 radical (unpaired) electrons. The Kier molecular flexibility index (Phi) is 10.1. The van der Waals surface area contributed by atoms with E-state index in [1.165, 1.54) is 48.2 Å². The number of nitrogens with zero attached hydrogens (tertiary/aromatic N) is 2. The zero-order valence-electron chi connectivity index (χ0n) is 22.4. The molecule has 7 nitrogen and oxygen atoms in total. The maximum Gasteiger partial charge on any atom is 0.264 e. The summed E-state index contributed by atoms with van der Waals surface area (Å²) in [5.41, 5.74) is 1.89. The van der Waals surface area contributed by atoms with Gasteiger partial charge in [-0.15, -0.1) is 0 Å². The van der Waals surface area contributed by atoms with Crippen molar-refractivity contribution in [2.45, 2.75) is 51.6 Å². The molecule has 2 amide bonds. The predicted octanol–water partition coefficient (Wildman–Crippen LogP) is 5.23. The molecule has 208 valence electrons. The molecule has 0 spiro atoms. The van der Waals surface area contributed by atoms with Gasteiger partial charge in [-0.25, -0.2) is 12.8 Å². The number of rotatable bonds is 11. The fourth-order valence-corrected chi connectivity index (χ4v) is 5.74. The highest BCUT2D eigenvalue weighted by atomic mass is 35.5. The molecular weight excluding hydrogens is 541 g/mol. The van der Waals surface area contributed by atoms with Gasteiger partial charge in [-0.3, -0.25) is 13.9 Å². The highest BCUT2D eigenvalue weighted by molar-refractivity contribution is 7.92. The molecule has 1 N–H and O–H groups in total. The molecule has 0 bridgehead atoms. The van der Waals surface area contributed by atoms with Crippen LogP contribution in [0.4, 0.5) is 10.1 Å². The zero-order chi connectivity index (χ0) is 28.7. The Balaban J connectivity index is 2.06. The Labute approximate surface area is 234 Å². The second-order valence-corrected chi connectivity index (χ2v) is 11.6. The van der Waals surface area contributed by atoms with Crippen molar-refractivity contribution in [2.75, 3.05) is 17.4 Å². The van der Waals surface area contributed by atoms with Gasteiger partial charge in [-0.05, 0) is 69.2 Å². The molecular formula is C29H33ClFN3O4S. The number of carbonyl (C=O) groups is 2. The second kappa shape index (κ2) is 13.1. The van der Waals surface area contributed by atoms with Crippen molar-refractivity contribution >= 4 is 39.1 Å². The Bertz CT molecular complexity index is 1430. The van der Waals surface area contributed by atoms with Gasteiger partial charge < -0.3 is 10.2 Å². The Morgan fingerprint density at radius 1 is 1.03 bits per heavy atom. The van der Waals surface area contributed by atoms with Crippen LogP contribution in [0.3, 0.4) is 0 Å². The highest BCUT2D eigenvalue weighted by Crippen LogP contribution is 2.29. The zero-order valence-corrected chi connectivity index (χ0v) is 24.0. The van der Waals surface area contributed by atoms with Crippen LogP contribution in [0.5, 0.6) is 0 Å². The second-order valence-electron chi connectivity index (χ2n) is 9.34. The van der Waals surface area contributed by atoms with Crippen LogP contribution in [-0.2, 0) is 26.2 Å². The molecule has 0 aromatic heterocycles. The van der Waals surface area contributed by atoms with E-state index in [0.29, 0.717) is 23.6 Å². The average molecular weight is 574 g/mol. The third-order valence-electron chi connectivity index (χ3n) is 6.33. The minimum Gasteiger partial charge on any atom is -0.354 e. The van der Waals surface area contributed by atoms with Crippen molar-refractivity contribution in [1.29, 1.82) is 0 Å². The Morgan fingerprint density at radius 3 is 2.31 bits per heavy atom. The molecule has 0 saturated heterocycles. The number of hydrogen-bond acceptors (Lipinski definition) is 4. The molecule has 3 aromatic rings. The molecule has 39 heavy (non-hydrogen) atoms. The van der Waals surface area contributed by atoms with Crippen LogP contribution < -0.4 is 9.62 Å². The van der Waals surface area contributed by atoms with Gasteiger partial charge in [-0.2, -0.15) is 0 Å². The lowest BCUT2D eigenvalue weighted by Gasteiger charge is -2.32. The van der Waals surface area contributed by atoms with E-state index in [0.717, 1.165) is 9.87 Å². The molecule has 0 fully saturated rings. The van der Waals surface area contributed by atoms with Gasteiger partial charge in [0, 0.05) is 23.7 Å². The number of anilines is 1. The largest absolute Gasteiger partial charge is 0.354 e. The Morgan fingerprint density at radius 2 is 1.69 bits per heavy atom. The van der Waals surface area contributed by atoms with Gasteiger partial charge in [0.15, 0.2) is 0 Å². The predicted molar refractivity (Wildman–Crippen MR) is 152 cm³/mol. The van der Waals surface area contributed by atoms with Crippen LogP contribution in [0.2, 0.25) is 5.02 Å². The van der Waals surface area contributed by atoms with Gasteiger partial charge in [0.1, 0.15) is 18.4 Å². The highest BCUT2D eigenvalue weighted by Gasteiger charge is 2.33. The molecule has 0 saturated carbocycles. The summed E-state index contributed by atoms with van der Waals surface area (Å²) < 4.78 is 43.4. The minimum atomic E-state index is -4.21. The maximum absolute atomic E-state index is 14.6. The summed E-state index contributed by atoms with van der Waals surface area (Å²) in [5.74, 6) is -1.62. The molecule has 0 aliphatic heterocycles. The monoisotopic (exact) mass is 573 g/mol. The molecule has 3 rings (SSSR count). The number of hydrogen-bond donors (Lipinski definition) is 1. The lowest BCUT2D eigenvalue weighted by atomic mass is 10.1. The van der Waals surface area contributed by atoms with Crippen LogP contribution in [0.1, 0.15) is 37.0 Å². The lowest BCUT2D eigenvalue weighted by Crippen LogP contribution is -2.51. The van der Waals surface area contributed by atoms with Crippen molar-refractivity contribution < 1.29 is 22.4 Å². The van der Waals surface area contributed by atoms with Crippen molar-refractivity contribution in [1.82, 2.24) is 10.2 Å².